The lowest BCUT2D eigenvalue weighted by molar-refractivity contribution is 0.0934. The number of amides is 1. The minimum Gasteiger partial charge on any atom is -0.342 e. The van der Waals surface area contributed by atoms with Gasteiger partial charge in [-0.15, -0.1) is 0 Å². The maximum Gasteiger partial charge on any atom is 0.251 e. The van der Waals surface area contributed by atoms with Crippen LogP contribution in [0.25, 0.3) is 11.0 Å². The van der Waals surface area contributed by atoms with E-state index >= 15 is 0 Å². The summed E-state index contributed by atoms with van der Waals surface area (Å²) in [6, 6.07) is 16.7. The fourth-order valence-electron chi connectivity index (χ4n) is 3.12. The van der Waals surface area contributed by atoms with Crippen molar-refractivity contribution in [2.75, 3.05) is 17.3 Å². The predicted octanol–water partition coefficient (Wildman–Crippen LogP) is 4.32. The Bertz CT molecular complexity index is 1100. The smallest absolute Gasteiger partial charge is 0.251 e. The quantitative estimate of drug-likeness (QED) is 0.394. The van der Waals surface area contributed by atoms with Crippen molar-refractivity contribution in [3.8, 4) is 0 Å². The van der Waals surface area contributed by atoms with E-state index in [1.807, 2.05) is 36.4 Å². The molecule has 0 unspecified atom stereocenters. The largest absolute Gasteiger partial charge is 0.342 e. The number of carbonyl (C=O) groups is 1. The summed E-state index contributed by atoms with van der Waals surface area (Å²) in [4.78, 5) is 29.3. The first kappa shape index (κ1) is 19.9. The monoisotopic (exact) mass is 418 g/mol. The highest BCUT2D eigenvalue weighted by Crippen LogP contribution is 2.21. The van der Waals surface area contributed by atoms with Crippen molar-refractivity contribution in [2.45, 2.75) is 12.5 Å². The highest BCUT2D eigenvalue weighted by atomic mass is 32.2. The van der Waals surface area contributed by atoms with Crippen LogP contribution in [0, 0.1) is 0 Å². The zero-order chi connectivity index (χ0) is 20.8. The molecule has 0 saturated heterocycles. The molecule has 4 aromatic rings. The van der Waals surface area contributed by atoms with E-state index < -0.39 is 0 Å². The molecule has 0 spiro atoms. The lowest BCUT2D eigenvalue weighted by Crippen LogP contribution is -2.29. The van der Waals surface area contributed by atoms with Gasteiger partial charge in [-0.2, -0.15) is 11.8 Å². The van der Waals surface area contributed by atoms with E-state index in [0.717, 1.165) is 34.7 Å². The van der Waals surface area contributed by atoms with Gasteiger partial charge in [0.25, 0.3) is 5.91 Å². The number of hydrogen-bond acceptors (Lipinski definition) is 6. The summed E-state index contributed by atoms with van der Waals surface area (Å²) in [6.45, 7) is 0. The number of carbonyl (C=O) groups excluding carboxylic acids is 1. The number of para-hydroxylation sites is 2. The Labute approximate surface area is 178 Å². The summed E-state index contributed by atoms with van der Waals surface area (Å²) in [5, 5.41) is 6.24. The Kier molecular flexibility index (Phi) is 6.24. The molecule has 0 aliphatic rings. The fourth-order valence-corrected chi connectivity index (χ4v) is 3.59. The molecular formula is C22H22N6OS. The van der Waals surface area contributed by atoms with Crippen molar-refractivity contribution < 1.29 is 4.79 Å². The third-order valence-electron chi connectivity index (χ3n) is 4.60. The number of aromatic amines is 1. The van der Waals surface area contributed by atoms with Crippen LogP contribution in [0.4, 0.5) is 11.6 Å². The predicted molar refractivity (Wildman–Crippen MR) is 121 cm³/mol. The molecule has 4 rings (SSSR count). The molecule has 2 heterocycles. The van der Waals surface area contributed by atoms with Crippen molar-refractivity contribution >= 4 is 40.3 Å². The van der Waals surface area contributed by atoms with Gasteiger partial charge >= 0.3 is 0 Å². The lowest BCUT2D eigenvalue weighted by Gasteiger charge is -2.17. The third-order valence-corrected chi connectivity index (χ3v) is 5.24. The summed E-state index contributed by atoms with van der Waals surface area (Å²) in [7, 11) is 0. The minimum absolute atomic E-state index is 0.154. The second-order valence-electron chi connectivity index (χ2n) is 6.72. The average molecular weight is 419 g/mol. The third kappa shape index (κ3) is 4.77. The number of nitrogens with one attached hydrogen (secondary N) is 3. The zero-order valence-corrected chi connectivity index (χ0v) is 17.3. The first-order chi connectivity index (χ1) is 14.7. The second-order valence-corrected chi connectivity index (χ2v) is 7.71. The molecular weight excluding hydrogens is 396 g/mol. The first-order valence-corrected chi connectivity index (χ1v) is 11.0. The Morgan fingerprint density at radius 2 is 1.93 bits per heavy atom. The highest BCUT2D eigenvalue weighted by Gasteiger charge is 2.19. The topological polar surface area (TPSA) is 95.6 Å². The normalized spacial score (nSPS) is 11.9. The number of nitrogens with zero attached hydrogens (tertiary/aromatic N) is 3. The van der Waals surface area contributed by atoms with Gasteiger partial charge in [0.1, 0.15) is 5.82 Å². The molecule has 0 saturated carbocycles. The molecule has 2 aromatic heterocycles. The summed E-state index contributed by atoms with van der Waals surface area (Å²) < 4.78 is 0. The van der Waals surface area contributed by atoms with Gasteiger partial charge in [-0.25, -0.2) is 15.0 Å². The van der Waals surface area contributed by atoms with Gasteiger partial charge in [-0.3, -0.25) is 4.79 Å². The molecule has 0 radical (unpaired) electrons. The van der Waals surface area contributed by atoms with Crippen LogP contribution in [0.5, 0.6) is 0 Å². The van der Waals surface area contributed by atoms with Gasteiger partial charge in [0, 0.05) is 23.6 Å². The molecule has 0 aliphatic carbocycles. The molecule has 1 atom stereocenters. The maximum atomic E-state index is 13.0. The summed E-state index contributed by atoms with van der Waals surface area (Å²) >= 11 is 1.74. The lowest BCUT2D eigenvalue weighted by atomic mass is 10.1. The molecule has 152 valence electrons. The summed E-state index contributed by atoms with van der Waals surface area (Å²) in [6.07, 6.45) is 6.16. The standard InChI is InChI=1S/C22H22N6OS/c1-30-13-10-19(20-26-17-8-2-3-9-18(17)27-20)28-21(29)15-6-4-7-16(14-15)25-22-23-11-5-12-24-22/h2-9,11-12,14,19H,10,13H2,1H3,(H,26,27)(H,28,29)(H,23,24,25)/t19-/m0/s1. The summed E-state index contributed by atoms with van der Waals surface area (Å²) in [5.41, 5.74) is 3.16. The van der Waals surface area contributed by atoms with Gasteiger partial charge in [0.05, 0.1) is 17.1 Å². The zero-order valence-electron chi connectivity index (χ0n) is 16.5. The van der Waals surface area contributed by atoms with E-state index in [4.69, 9.17) is 0 Å². The maximum absolute atomic E-state index is 13.0. The Morgan fingerprint density at radius 3 is 2.73 bits per heavy atom. The van der Waals surface area contributed by atoms with Crippen LogP contribution in [-0.4, -0.2) is 37.9 Å². The average Bonchev–Trinajstić information content (AvgIpc) is 3.21. The number of fused-ring (bicyclic) bond motifs is 1. The van der Waals surface area contributed by atoms with E-state index in [1.165, 1.54) is 0 Å². The number of benzene rings is 2. The second kappa shape index (κ2) is 9.41. The van der Waals surface area contributed by atoms with Gasteiger partial charge in [-0.05, 0) is 54.8 Å². The Morgan fingerprint density at radius 1 is 1.10 bits per heavy atom. The van der Waals surface area contributed by atoms with E-state index in [1.54, 1.807) is 42.4 Å². The van der Waals surface area contributed by atoms with Crippen LogP contribution >= 0.6 is 11.8 Å². The highest BCUT2D eigenvalue weighted by molar-refractivity contribution is 7.98. The van der Waals surface area contributed by atoms with Crippen LogP contribution in [0.15, 0.2) is 67.0 Å². The van der Waals surface area contributed by atoms with Crippen LogP contribution in [0.2, 0.25) is 0 Å². The molecule has 8 heteroatoms. The molecule has 30 heavy (non-hydrogen) atoms. The van der Waals surface area contributed by atoms with Gasteiger partial charge in [0.15, 0.2) is 0 Å². The number of rotatable bonds is 8. The van der Waals surface area contributed by atoms with E-state index in [-0.39, 0.29) is 11.9 Å². The number of H-pyrrole nitrogens is 1. The van der Waals surface area contributed by atoms with Crippen LogP contribution in [-0.2, 0) is 0 Å². The number of hydrogen-bond donors (Lipinski definition) is 3. The number of aromatic nitrogens is 4. The van der Waals surface area contributed by atoms with Crippen molar-refractivity contribution in [1.82, 2.24) is 25.3 Å². The number of imidazole rings is 1. The van der Waals surface area contributed by atoms with Crippen molar-refractivity contribution in [1.29, 1.82) is 0 Å². The van der Waals surface area contributed by atoms with Crippen molar-refractivity contribution in [3.63, 3.8) is 0 Å². The molecule has 7 nitrogen and oxygen atoms in total. The van der Waals surface area contributed by atoms with Gasteiger partial charge in [-0.1, -0.05) is 18.2 Å². The molecule has 0 aliphatic heterocycles. The molecule has 0 bridgehead atoms. The molecule has 2 aromatic carbocycles. The SMILES string of the molecule is CSCC[C@H](NC(=O)c1cccc(Nc2ncccn2)c1)c1nc2ccccc2[nH]1. The van der Waals surface area contributed by atoms with Crippen molar-refractivity contribution in [2.24, 2.45) is 0 Å². The number of anilines is 2. The Hall–Kier alpha value is -3.39. The molecule has 3 N–H and O–H groups in total. The van der Waals surface area contributed by atoms with E-state index in [2.05, 4.69) is 36.8 Å². The summed E-state index contributed by atoms with van der Waals surface area (Å²) in [5.74, 6) is 2.01. The fraction of sp³-hybridized carbons (Fsp3) is 0.182. The Balaban J connectivity index is 1.52. The molecule has 0 fully saturated rings. The minimum atomic E-state index is -0.202. The van der Waals surface area contributed by atoms with Crippen molar-refractivity contribution in [3.05, 3.63) is 78.4 Å². The molecule has 1 amide bonds. The number of thioether (sulfide) groups is 1. The van der Waals surface area contributed by atoms with Crippen LogP contribution in [0.3, 0.4) is 0 Å². The first-order valence-electron chi connectivity index (χ1n) is 9.61. The van der Waals surface area contributed by atoms with Crippen LogP contribution in [0.1, 0.15) is 28.6 Å². The van der Waals surface area contributed by atoms with E-state index in [9.17, 15) is 4.79 Å². The van der Waals surface area contributed by atoms with Crippen LogP contribution < -0.4 is 10.6 Å². The van der Waals surface area contributed by atoms with Gasteiger partial charge < -0.3 is 15.6 Å². The van der Waals surface area contributed by atoms with Gasteiger partial charge in [0.2, 0.25) is 5.95 Å². The van der Waals surface area contributed by atoms with E-state index in [0.29, 0.717) is 11.5 Å².